The molecular weight excluding hydrogens is 224 g/mol. The third-order valence-corrected chi connectivity index (χ3v) is 3.16. The summed E-state index contributed by atoms with van der Waals surface area (Å²) in [6.07, 6.45) is 2.79. The highest BCUT2D eigenvalue weighted by atomic mass is 15.2. The number of benzene rings is 1. The molecule has 0 saturated heterocycles. The van der Waals surface area contributed by atoms with Crippen molar-refractivity contribution >= 4 is 22.5 Å². The maximum Gasteiger partial charge on any atom is 0.195 e. The lowest BCUT2D eigenvalue weighted by Gasteiger charge is -2.13. The first-order chi connectivity index (χ1) is 8.88. The maximum absolute atomic E-state index is 4.49. The number of rotatable bonds is 2. The van der Waals surface area contributed by atoms with E-state index in [1.807, 2.05) is 12.3 Å². The highest BCUT2D eigenvalue weighted by Gasteiger charge is 2.10. The summed E-state index contributed by atoms with van der Waals surface area (Å²) in [4.78, 5) is 8.85. The quantitative estimate of drug-likeness (QED) is 0.845. The van der Waals surface area contributed by atoms with E-state index in [0.29, 0.717) is 0 Å². The number of hydrogen-bond donors (Lipinski definition) is 2. The highest BCUT2D eigenvalue weighted by molar-refractivity contribution is 5.98. The molecule has 3 rings (SSSR count). The van der Waals surface area contributed by atoms with Gasteiger partial charge >= 0.3 is 0 Å². The summed E-state index contributed by atoms with van der Waals surface area (Å²) < 4.78 is 0. The predicted molar refractivity (Wildman–Crippen MR) is 75.0 cm³/mol. The van der Waals surface area contributed by atoms with E-state index in [1.54, 1.807) is 0 Å². The molecule has 0 amide bonds. The maximum atomic E-state index is 4.49. The second-order valence-electron chi connectivity index (χ2n) is 4.30. The molecule has 1 aromatic carbocycles. The molecular formula is C14H16N4. The standard InChI is InChI=1S/C14H16N4/c1-2-11-12(18-14-16-8-9-17-14)6-5-10-4-3-7-15-13(10)11/h3-7H,2,8-9H2,1H3,(H2,16,17,18). The summed E-state index contributed by atoms with van der Waals surface area (Å²) in [7, 11) is 0. The lowest BCUT2D eigenvalue weighted by atomic mass is 10.1. The average Bonchev–Trinajstić information content (AvgIpc) is 2.91. The third kappa shape index (κ3) is 1.90. The zero-order chi connectivity index (χ0) is 12.4. The smallest absolute Gasteiger partial charge is 0.195 e. The molecule has 0 fully saturated rings. The molecule has 92 valence electrons. The number of anilines is 1. The van der Waals surface area contributed by atoms with Gasteiger partial charge in [0.25, 0.3) is 0 Å². The van der Waals surface area contributed by atoms with Crippen LogP contribution in [0, 0.1) is 0 Å². The Morgan fingerprint density at radius 1 is 1.33 bits per heavy atom. The lowest BCUT2D eigenvalue weighted by Crippen LogP contribution is -2.26. The minimum Gasteiger partial charge on any atom is -0.354 e. The van der Waals surface area contributed by atoms with Gasteiger partial charge in [0.1, 0.15) is 0 Å². The fourth-order valence-corrected chi connectivity index (χ4v) is 2.29. The van der Waals surface area contributed by atoms with Gasteiger partial charge in [-0.2, -0.15) is 0 Å². The average molecular weight is 240 g/mol. The Hall–Kier alpha value is -2.10. The van der Waals surface area contributed by atoms with Gasteiger partial charge in [0, 0.05) is 29.4 Å². The molecule has 0 aliphatic carbocycles. The molecule has 4 nitrogen and oxygen atoms in total. The van der Waals surface area contributed by atoms with Gasteiger partial charge in [-0.25, -0.2) is 0 Å². The van der Waals surface area contributed by atoms with Crippen LogP contribution >= 0.6 is 0 Å². The van der Waals surface area contributed by atoms with Crippen LogP contribution in [0.3, 0.4) is 0 Å². The van der Waals surface area contributed by atoms with Gasteiger partial charge in [0.2, 0.25) is 0 Å². The first-order valence-corrected chi connectivity index (χ1v) is 6.30. The molecule has 2 aromatic rings. The number of nitrogens with zero attached hydrogens (tertiary/aromatic N) is 2. The fraction of sp³-hybridized carbons (Fsp3) is 0.286. The van der Waals surface area contributed by atoms with Crippen molar-refractivity contribution in [2.45, 2.75) is 13.3 Å². The Morgan fingerprint density at radius 3 is 3.06 bits per heavy atom. The lowest BCUT2D eigenvalue weighted by molar-refractivity contribution is 0.959. The first kappa shape index (κ1) is 11.0. The summed E-state index contributed by atoms with van der Waals surface area (Å²) >= 11 is 0. The SMILES string of the molecule is CCc1c(NC2=NCCN2)ccc2cccnc12. The number of nitrogens with one attached hydrogen (secondary N) is 2. The second kappa shape index (κ2) is 4.64. The summed E-state index contributed by atoms with van der Waals surface area (Å²) in [5.41, 5.74) is 3.41. The highest BCUT2D eigenvalue weighted by Crippen LogP contribution is 2.25. The van der Waals surface area contributed by atoms with E-state index in [0.717, 1.165) is 36.7 Å². The van der Waals surface area contributed by atoms with E-state index in [4.69, 9.17) is 0 Å². The molecule has 0 unspecified atom stereocenters. The van der Waals surface area contributed by atoms with Crippen molar-refractivity contribution in [3.05, 3.63) is 36.0 Å². The number of pyridine rings is 1. The summed E-state index contributed by atoms with van der Waals surface area (Å²) in [5, 5.41) is 7.76. The van der Waals surface area contributed by atoms with Gasteiger partial charge in [0.15, 0.2) is 5.96 Å². The van der Waals surface area contributed by atoms with Gasteiger partial charge in [0.05, 0.1) is 12.1 Å². The minimum atomic E-state index is 0.843. The zero-order valence-corrected chi connectivity index (χ0v) is 10.4. The second-order valence-corrected chi connectivity index (χ2v) is 4.30. The summed E-state index contributed by atoms with van der Waals surface area (Å²) in [6, 6.07) is 8.26. The Balaban J connectivity index is 2.05. The summed E-state index contributed by atoms with van der Waals surface area (Å²) in [5.74, 6) is 0.861. The number of aryl methyl sites for hydroxylation is 1. The van der Waals surface area contributed by atoms with E-state index >= 15 is 0 Å². The van der Waals surface area contributed by atoms with E-state index in [2.05, 4.69) is 45.7 Å². The van der Waals surface area contributed by atoms with Crippen LogP contribution in [0.2, 0.25) is 0 Å². The molecule has 4 heteroatoms. The van der Waals surface area contributed by atoms with Crippen molar-refractivity contribution in [1.29, 1.82) is 0 Å². The topological polar surface area (TPSA) is 49.3 Å². The van der Waals surface area contributed by atoms with E-state index in [1.165, 1.54) is 10.9 Å². The minimum absolute atomic E-state index is 0.843. The van der Waals surface area contributed by atoms with Crippen LogP contribution in [-0.2, 0) is 6.42 Å². The van der Waals surface area contributed by atoms with Gasteiger partial charge in [-0.15, -0.1) is 0 Å². The Bertz CT molecular complexity index is 604. The van der Waals surface area contributed by atoms with Crippen molar-refractivity contribution < 1.29 is 0 Å². The van der Waals surface area contributed by atoms with Crippen LogP contribution in [0.1, 0.15) is 12.5 Å². The molecule has 1 aliphatic heterocycles. The fourth-order valence-electron chi connectivity index (χ4n) is 2.29. The van der Waals surface area contributed by atoms with Crippen molar-refractivity contribution in [2.75, 3.05) is 18.4 Å². The predicted octanol–water partition coefficient (Wildman–Crippen LogP) is 2.17. The number of aliphatic imine (C=N–C) groups is 1. The summed E-state index contributed by atoms with van der Waals surface area (Å²) in [6.45, 7) is 3.91. The van der Waals surface area contributed by atoms with Crippen LogP contribution in [-0.4, -0.2) is 24.0 Å². The normalized spacial score (nSPS) is 14.4. The Kier molecular flexibility index (Phi) is 2.84. The molecule has 0 atom stereocenters. The first-order valence-electron chi connectivity index (χ1n) is 6.30. The molecule has 1 aliphatic rings. The third-order valence-electron chi connectivity index (χ3n) is 3.16. The van der Waals surface area contributed by atoms with Crippen LogP contribution in [0.25, 0.3) is 10.9 Å². The largest absolute Gasteiger partial charge is 0.354 e. The number of guanidine groups is 1. The monoisotopic (exact) mass is 240 g/mol. The van der Waals surface area contributed by atoms with Crippen LogP contribution < -0.4 is 10.6 Å². The molecule has 18 heavy (non-hydrogen) atoms. The number of hydrogen-bond acceptors (Lipinski definition) is 4. The van der Waals surface area contributed by atoms with Crippen LogP contribution in [0.15, 0.2) is 35.5 Å². The van der Waals surface area contributed by atoms with Crippen molar-refractivity contribution in [1.82, 2.24) is 10.3 Å². The molecule has 0 saturated carbocycles. The molecule has 2 heterocycles. The molecule has 0 radical (unpaired) electrons. The Morgan fingerprint density at radius 2 is 2.28 bits per heavy atom. The van der Waals surface area contributed by atoms with Gasteiger partial charge in [-0.1, -0.05) is 19.1 Å². The zero-order valence-electron chi connectivity index (χ0n) is 10.4. The van der Waals surface area contributed by atoms with Gasteiger partial charge < -0.3 is 10.6 Å². The van der Waals surface area contributed by atoms with E-state index < -0.39 is 0 Å². The van der Waals surface area contributed by atoms with Gasteiger partial charge in [-0.3, -0.25) is 9.98 Å². The Labute approximate surface area is 106 Å². The van der Waals surface area contributed by atoms with Crippen LogP contribution in [0.4, 0.5) is 5.69 Å². The van der Waals surface area contributed by atoms with E-state index in [9.17, 15) is 0 Å². The van der Waals surface area contributed by atoms with Crippen molar-refractivity contribution in [2.24, 2.45) is 4.99 Å². The van der Waals surface area contributed by atoms with Crippen molar-refractivity contribution in [3.63, 3.8) is 0 Å². The van der Waals surface area contributed by atoms with E-state index in [-0.39, 0.29) is 0 Å². The molecule has 2 N–H and O–H groups in total. The van der Waals surface area contributed by atoms with Gasteiger partial charge in [-0.05, 0) is 18.6 Å². The van der Waals surface area contributed by atoms with Crippen LogP contribution in [0.5, 0.6) is 0 Å². The number of aromatic nitrogens is 1. The van der Waals surface area contributed by atoms with Crippen molar-refractivity contribution in [3.8, 4) is 0 Å². The molecule has 0 spiro atoms. The molecule has 0 bridgehead atoms. The molecule has 1 aromatic heterocycles. The number of fused-ring (bicyclic) bond motifs is 1.